The van der Waals surface area contributed by atoms with E-state index in [2.05, 4.69) is 16.0 Å². The van der Waals surface area contributed by atoms with Gasteiger partial charge in [-0.2, -0.15) is 0 Å². The molecule has 128 valence electrons. The van der Waals surface area contributed by atoms with E-state index >= 15 is 0 Å². The summed E-state index contributed by atoms with van der Waals surface area (Å²) in [5.74, 6) is -0.189. The van der Waals surface area contributed by atoms with Crippen LogP contribution in [0.5, 0.6) is 0 Å². The third kappa shape index (κ3) is 4.84. The van der Waals surface area contributed by atoms with Crippen LogP contribution >= 0.6 is 0 Å². The van der Waals surface area contributed by atoms with Gasteiger partial charge in [-0.1, -0.05) is 24.3 Å². The van der Waals surface area contributed by atoms with E-state index < -0.39 is 0 Å². The summed E-state index contributed by atoms with van der Waals surface area (Å²) in [5, 5.41) is 8.30. The van der Waals surface area contributed by atoms with E-state index in [1.807, 2.05) is 18.2 Å². The molecule has 0 aliphatic carbocycles. The molecule has 0 radical (unpaired) electrons. The lowest BCUT2D eigenvalue weighted by Gasteiger charge is -2.14. The van der Waals surface area contributed by atoms with Gasteiger partial charge in [-0.05, 0) is 43.2 Å². The van der Waals surface area contributed by atoms with Gasteiger partial charge in [0.2, 0.25) is 0 Å². The summed E-state index contributed by atoms with van der Waals surface area (Å²) in [4.78, 5) is 24.2. The number of urea groups is 1. The molecule has 6 nitrogen and oxygen atoms in total. The molecule has 0 atom stereocenters. The van der Waals surface area contributed by atoms with Gasteiger partial charge in [-0.15, -0.1) is 0 Å². The molecule has 2 aromatic carbocycles. The summed E-state index contributed by atoms with van der Waals surface area (Å²) in [6.45, 7) is 0.646. The summed E-state index contributed by atoms with van der Waals surface area (Å²) in [5.41, 5.74) is 2.51. The molecule has 6 heteroatoms. The number of para-hydroxylation sites is 1. The number of amides is 3. The van der Waals surface area contributed by atoms with Crippen molar-refractivity contribution in [1.29, 1.82) is 0 Å². The summed E-state index contributed by atoms with van der Waals surface area (Å²) >= 11 is 0. The van der Waals surface area contributed by atoms with Crippen LogP contribution in [0.1, 0.15) is 12.8 Å². The van der Waals surface area contributed by atoms with E-state index in [0.29, 0.717) is 35.7 Å². The molecule has 0 fully saturated rings. The summed E-state index contributed by atoms with van der Waals surface area (Å²) in [6, 6.07) is 15.8. The minimum absolute atomic E-state index is 0.189. The maximum atomic E-state index is 12.2. The molecule has 0 spiro atoms. The van der Waals surface area contributed by atoms with Crippen LogP contribution in [0, 0.1) is 0 Å². The summed E-state index contributed by atoms with van der Waals surface area (Å²) < 4.78 is 5.19. The van der Waals surface area contributed by atoms with Crippen molar-refractivity contribution in [3.05, 3.63) is 66.4 Å². The van der Waals surface area contributed by atoms with Gasteiger partial charge in [0.25, 0.3) is 5.91 Å². The van der Waals surface area contributed by atoms with Crippen LogP contribution in [0.4, 0.5) is 21.9 Å². The molecule has 3 rings (SSSR count). The average Bonchev–Trinajstić information content (AvgIpc) is 2.63. The Morgan fingerprint density at radius 3 is 2.24 bits per heavy atom. The Hall–Kier alpha value is -3.28. The Morgan fingerprint density at radius 1 is 0.840 bits per heavy atom. The van der Waals surface area contributed by atoms with Crippen LogP contribution in [-0.4, -0.2) is 18.5 Å². The van der Waals surface area contributed by atoms with Crippen molar-refractivity contribution in [2.24, 2.45) is 0 Å². The lowest BCUT2D eigenvalue weighted by Crippen LogP contribution is -2.20. The summed E-state index contributed by atoms with van der Waals surface area (Å²) in [6.07, 6.45) is 3.04. The SMILES string of the molecule is O=C(Nc1ccccc1)Nc1cccc(NC(=O)C2=COCCC2)c1. The Balaban J connectivity index is 1.60. The number of nitrogens with one attached hydrogen (secondary N) is 3. The predicted octanol–water partition coefficient (Wildman–Crippen LogP) is 3.96. The normalized spacial score (nSPS) is 13.2. The minimum Gasteiger partial charge on any atom is -0.501 e. The Labute approximate surface area is 145 Å². The zero-order valence-electron chi connectivity index (χ0n) is 13.6. The van der Waals surface area contributed by atoms with Crippen molar-refractivity contribution in [2.45, 2.75) is 12.8 Å². The van der Waals surface area contributed by atoms with Crippen LogP contribution in [0.3, 0.4) is 0 Å². The first-order valence-electron chi connectivity index (χ1n) is 8.06. The van der Waals surface area contributed by atoms with Crippen molar-refractivity contribution < 1.29 is 14.3 Å². The number of carbonyl (C=O) groups excluding carboxylic acids is 2. The molecule has 0 saturated heterocycles. The van der Waals surface area contributed by atoms with E-state index in [1.165, 1.54) is 6.26 Å². The van der Waals surface area contributed by atoms with Gasteiger partial charge < -0.3 is 20.7 Å². The monoisotopic (exact) mass is 337 g/mol. The number of carbonyl (C=O) groups is 2. The molecule has 1 heterocycles. The lowest BCUT2D eigenvalue weighted by molar-refractivity contribution is -0.113. The highest BCUT2D eigenvalue weighted by molar-refractivity contribution is 6.04. The maximum Gasteiger partial charge on any atom is 0.323 e. The summed E-state index contributed by atoms with van der Waals surface area (Å²) in [7, 11) is 0. The highest BCUT2D eigenvalue weighted by Crippen LogP contribution is 2.18. The molecule has 0 bridgehead atoms. The lowest BCUT2D eigenvalue weighted by atomic mass is 10.1. The fraction of sp³-hybridized carbons (Fsp3) is 0.158. The number of rotatable bonds is 4. The first kappa shape index (κ1) is 16.6. The van der Waals surface area contributed by atoms with Gasteiger partial charge in [0.1, 0.15) is 0 Å². The second kappa shape index (κ2) is 8.01. The van der Waals surface area contributed by atoms with Crippen molar-refractivity contribution in [3.63, 3.8) is 0 Å². The molecule has 25 heavy (non-hydrogen) atoms. The number of ether oxygens (including phenoxy) is 1. The molecule has 1 aliphatic heterocycles. The van der Waals surface area contributed by atoms with Crippen molar-refractivity contribution >= 4 is 29.0 Å². The van der Waals surface area contributed by atoms with Gasteiger partial charge in [-0.3, -0.25) is 4.79 Å². The molecule has 0 aromatic heterocycles. The third-order valence-electron chi connectivity index (χ3n) is 3.64. The molecule has 3 amide bonds. The molecule has 0 unspecified atom stereocenters. The van der Waals surface area contributed by atoms with Crippen molar-refractivity contribution in [3.8, 4) is 0 Å². The molecule has 1 aliphatic rings. The maximum absolute atomic E-state index is 12.2. The Kier molecular flexibility index (Phi) is 5.31. The standard InChI is InChI=1S/C19H19N3O3/c23-18(14-6-5-11-25-13-14)20-16-9-4-10-17(12-16)22-19(24)21-15-7-2-1-3-8-15/h1-4,7-10,12-13H,5-6,11H2,(H,20,23)(H2,21,22,24). The second-order valence-electron chi connectivity index (χ2n) is 5.60. The zero-order valence-corrected chi connectivity index (χ0v) is 13.6. The smallest absolute Gasteiger partial charge is 0.323 e. The van der Waals surface area contributed by atoms with Crippen LogP contribution < -0.4 is 16.0 Å². The molecule has 3 N–H and O–H groups in total. The van der Waals surface area contributed by atoms with Gasteiger partial charge in [0.15, 0.2) is 0 Å². The average molecular weight is 337 g/mol. The van der Waals surface area contributed by atoms with E-state index in [4.69, 9.17) is 4.74 Å². The van der Waals surface area contributed by atoms with Crippen LogP contribution in [-0.2, 0) is 9.53 Å². The second-order valence-corrected chi connectivity index (χ2v) is 5.60. The van der Waals surface area contributed by atoms with Crippen LogP contribution in [0.25, 0.3) is 0 Å². The van der Waals surface area contributed by atoms with Crippen molar-refractivity contribution in [2.75, 3.05) is 22.6 Å². The van der Waals surface area contributed by atoms with Crippen LogP contribution in [0.15, 0.2) is 66.4 Å². The number of anilines is 3. The zero-order chi connectivity index (χ0) is 17.5. The largest absolute Gasteiger partial charge is 0.501 e. The fourth-order valence-electron chi connectivity index (χ4n) is 2.43. The van der Waals surface area contributed by atoms with E-state index in [9.17, 15) is 9.59 Å². The first-order chi connectivity index (χ1) is 12.2. The van der Waals surface area contributed by atoms with Gasteiger partial charge >= 0.3 is 6.03 Å². The number of hydrogen-bond acceptors (Lipinski definition) is 3. The molecular weight excluding hydrogens is 318 g/mol. The molecular formula is C19H19N3O3. The fourth-order valence-corrected chi connectivity index (χ4v) is 2.43. The topological polar surface area (TPSA) is 79.5 Å². The number of hydrogen-bond donors (Lipinski definition) is 3. The van der Waals surface area contributed by atoms with Gasteiger partial charge in [0.05, 0.1) is 18.4 Å². The quantitative estimate of drug-likeness (QED) is 0.790. The van der Waals surface area contributed by atoms with E-state index in [1.54, 1.807) is 36.4 Å². The minimum atomic E-state index is -0.349. The van der Waals surface area contributed by atoms with Gasteiger partial charge in [-0.25, -0.2) is 4.79 Å². The van der Waals surface area contributed by atoms with Crippen molar-refractivity contribution in [1.82, 2.24) is 0 Å². The van der Waals surface area contributed by atoms with Gasteiger partial charge in [0, 0.05) is 17.1 Å². The highest BCUT2D eigenvalue weighted by Gasteiger charge is 2.13. The Morgan fingerprint density at radius 2 is 1.52 bits per heavy atom. The van der Waals surface area contributed by atoms with E-state index in [-0.39, 0.29) is 11.9 Å². The Bertz CT molecular complexity index is 788. The van der Waals surface area contributed by atoms with Crippen LogP contribution in [0.2, 0.25) is 0 Å². The molecule has 2 aromatic rings. The predicted molar refractivity (Wildman–Crippen MR) is 97.4 cm³/mol. The third-order valence-corrected chi connectivity index (χ3v) is 3.64. The highest BCUT2D eigenvalue weighted by atomic mass is 16.5. The number of benzene rings is 2. The van der Waals surface area contributed by atoms with E-state index in [0.717, 1.165) is 6.42 Å². The first-order valence-corrected chi connectivity index (χ1v) is 8.06. The molecule has 0 saturated carbocycles.